The second-order valence-corrected chi connectivity index (χ2v) is 13.3. The molecule has 0 bridgehead atoms. The van der Waals surface area contributed by atoms with Gasteiger partial charge < -0.3 is 11.1 Å². The first kappa shape index (κ1) is 38.2. The van der Waals surface area contributed by atoms with E-state index >= 15 is 0 Å². The van der Waals surface area contributed by atoms with Gasteiger partial charge >= 0.3 is 0 Å². The predicted octanol–water partition coefficient (Wildman–Crippen LogP) is 10.1. The first-order valence-electron chi connectivity index (χ1n) is 16.8. The first-order chi connectivity index (χ1) is 24.6. The van der Waals surface area contributed by atoms with Gasteiger partial charge in [-0.1, -0.05) is 127 Å². The number of hydrazine groups is 1. The first-order valence-corrected chi connectivity index (χ1v) is 17.6. The molecule has 7 rings (SSSR count). The zero-order chi connectivity index (χ0) is 34.9. The molecule has 0 saturated heterocycles. The molecule has 1 heterocycles. The smallest absolute Gasteiger partial charge is 0.0717 e. The quantitative estimate of drug-likeness (QED) is 0.0493. The fraction of sp³-hybridized carbons (Fsp3) is 0.111. The summed E-state index contributed by atoms with van der Waals surface area (Å²) in [5, 5.41) is 3.77. The molecule has 1 aliphatic carbocycles. The molecular formula is C45H42N4SY-2. The molecule has 2 aliphatic rings. The minimum atomic E-state index is -0.799. The van der Waals surface area contributed by atoms with Gasteiger partial charge in [0, 0.05) is 54.8 Å². The van der Waals surface area contributed by atoms with Crippen molar-refractivity contribution in [2.45, 2.75) is 36.1 Å². The van der Waals surface area contributed by atoms with E-state index in [9.17, 15) is 0 Å². The van der Waals surface area contributed by atoms with E-state index in [0.29, 0.717) is 12.3 Å². The van der Waals surface area contributed by atoms with Gasteiger partial charge in [-0.05, 0) is 58.6 Å². The number of nitrogens with one attached hydrogen (secondary N) is 1. The van der Waals surface area contributed by atoms with Gasteiger partial charge in [-0.25, -0.2) is 11.1 Å². The molecule has 1 radical (unpaired) electrons. The molecule has 0 aromatic heterocycles. The van der Waals surface area contributed by atoms with E-state index in [1.165, 1.54) is 15.4 Å². The maximum atomic E-state index is 7.79. The van der Waals surface area contributed by atoms with Crippen LogP contribution >= 0.6 is 11.8 Å². The van der Waals surface area contributed by atoms with Gasteiger partial charge in [-0.15, -0.1) is 18.2 Å². The molecule has 0 spiro atoms. The average molecular weight is 760 g/mol. The Morgan fingerprint density at radius 1 is 0.902 bits per heavy atom. The molecule has 2 atom stereocenters. The maximum Gasteiger partial charge on any atom is 0.0717 e. The Labute approximate surface area is 332 Å². The Morgan fingerprint density at radius 3 is 2.45 bits per heavy atom. The molecule has 0 fully saturated rings. The summed E-state index contributed by atoms with van der Waals surface area (Å²) in [5.74, 6) is 8.40. The summed E-state index contributed by atoms with van der Waals surface area (Å²) in [4.78, 5) is 2.69. The number of allylic oxidation sites excluding steroid dienone is 9. The Kier molecular flexibility index (Phi) is 13.4. The van der Waals surface area contributed by atoms with E-state index < -0.39 is 5.54 Å². The Balaban J connectivity index is 0.00000165. The van der Waals surface area contributed by atoms with Crippen molar-refractivity contribution in [3.8, 4) is 11.1 Å². The zero-order valence-corrected chi connectivity index (χ0v) is 32.5. The van der Waals surface area contributed by atoms with Crippen LogP contribution in [0.4, 0.5) is 11.4 Å². The third-order valence-corrected chi connectivity index (χ3v) is 10.5. The minimum Gasteiger partial charge on any atom is -0.403 e. The summed E-state index contributed by atoms with van der Waals surface area (Å²) >= 11 is 1.88. The van der Waals surface area contributed by atoms with E-state index in [0.717, 1.165) is 56.7 Å². The average Bonchev–Trinajstić information content (AvgIpc) is 3.56. The molecule has 6 heteroatoms. The molecule has 51 heavy (non-hydrogen) atoms. The molecule has 5 aromatic carbocycles. The van der Waals surface area contributed by atoms with Crippen molar-refractivity contribution in [2.24, 2.45) is 17.4 Å². The van der Waals surface area contributed by atoms with Crippen molar-refractivity contribution in [1.29, 1.82) is 0 Å². The standard InChI is InChI=1S/C45H38N2S.H4N2.Y/c1-3-4-7-18-32(2)43-34(21-16-29-41(43)47-40-28-14-12-24-36(40)33-19-8-5-9-20-33)31-45(46,35-22-10-6-11-23-35)39-27-17-26-38-37-25-13-15-30-42(37)48-44(38)39;1-2;/h3-19,21-23,26-30,37,47H,2,25,31,46H2,1H3;1-2H2;/q-2;;/b4-3-,18-7-;;. The van der Waals surface area contributed by atoms with Crippen LogP contribution < -0.4 is 22.7 Å². The topological polar surface area (TPSA) is 90.1 Å². The second-order valence-electron chi connectivity index (χ2n) is 12.2. The van der Waals surface area contributed by atoms with Gasteiger partial charge in [0.1, 0.15) is 0 Å². The summed E-state index contributed by atoms with van der Waals surface area (Å²) in [6, 6.07) is 44.6. The Bertz CT molecular complexity index is 2080. The van der Waals surface area contributed by atoms with Crippen molar-refractivity contribution < 1.29 is 32.7 Å². The van der Waals surface area contributed by atoms with Gasteiger partial charge in [0.25, 0.3) is 0 Å². The molecule has 0 amide bonds. The largest absolute Gasteiger partial charge is 0.403 e. The van der Waals surface area contributed by atoms with Crippen molar-refractivity contribution in [3.63, 3.8) is 0 Å². The number of fused-ring (bicyclic) bond motifs is 3. The fourth-order valence-electron chi connectivity index (χ4n) is 6.85. The number of nitrogens with two attached hydrogens (primary N) is 3. The van der Waals surface area contributed by atoms with E-state index in [4.69, 9.17) is 5.73 Å². The van der Waals surface area contributed by atoms with E-state index in [2.05, 4.69) is 139 Å². The summed E-state index contributed by atoms with van der Waals surface area (Å²) in [6.45, 7) is 6.61. The monoisotopic (exact) mass is 759 g/mol. The van der Waals surface area contributed by atoms with E-state index in [1.54, 1.807) is 0 Å². The molecular weight excluding hydrogens is 717 g/mol. The van der Waals surface area contributed by atoms with Gasteiger partial charge in [-0.3, -0.25) is 11.7 Å². The molecule has 0 saturated carbocycles. The van der Waals surface area contributed by atoms with Crippen LogP contribution in [-0.2, 0) is 44.7 Å². The number of hydrogen-bond acceptors (Lipinski definition) is 5. The van der Waals surface area contributed by atoms with Crippen LogP contribution in [0.25, 0.3) is 16.7 Å². The minimum absolute atomic E-state index is 0. The van der Waals surface area contributed by atoms with Crippen molar-refractivity contribution >= 4 is 28.7 Å². The van der Waals surface area contributed by atoms with Gasteiger partial charge in [0.05, 0.1) is 5.54 Å². The number of anilines is 2. The molecule has 5 aromatic rings. The van der Waals surface area contributed by atoms with Crippen molar-refractivity contribution in [2.75, 3.05) is 5.32 Å². The third kappa shape index (κ3) is 8.21. The van der Waals surface area contributed by atoms with Gasteiger partial charge in [0.15, 0.2) is 0 Å². The summed E-state index contributed by atoms with van der Waals surface area (Å²) < 4.78 is 0. The molecule has 7 N–H and O–H groups in total. The van der Waals surface area contributed by atoms with Crippen LogP contribution in [-0.4, -0.2) is 0 Å². The maximum absolute atomic E-state index is 7.79. The number of thioether (sulfide) groups is 1. The van der Waals surface area contributed by atoms with Crippen LogP contribution in [0, 0.1) is 12.1 Å². The van der Waals surface area contributed by atoms with Crippen LogP contribution in [0.1, 0.15) is 47.1 Å². The van der Waals surface area contributed by atoms with Gasteiger partial charge in [-0.2, -0.15) is 36.4 Å². The molecule has 4 nitrogen and oxygen atoms in total. The van der Waals surface area contributed by atoms with Crippen molar-refractivity contribution in [1.82, 2.24) is 0 Å². The second kappa shape index (κ2) is 17.9. The molecule has 2 unspecified atom stereocenters. The van der Waals surface area contributed by atoms with E-state index in [-0.39, 0.29) is 32.7 Å². The Hall–Kier alpha value is -4.07. The summed E-state index contributed by atoms with van der Waals surface area (Å²) in [6.07, 6.45) is 16.5. The zero-order valence-electron chi connectivity index (χ0n) is 28.9. The van der Waals surface area contributed by atoms with Crippen LogP contribution in [0.2, 0.25) is 0 Å². The van der Waals surface area contributed by atoms with Crippen LogP contribution in [0.3, 0.4) is 0 Å². The Morgan fingerprint density at radius 2 is 1.67 bits per heavy atom. The van der Waals surface area contributed by atoms with Crippen molar-refractivity contribution in [3.05, 3.63) is 203 Å². The number of benzene rings is 5. The summed E-state index contributed by atoms with van der Waals surface area (Å²) in [5.41, 5.74) is 17.5. The van der Waals surface area contributed by atoms with Gasteiger partial charge in [0.2, 0.25) is 0 Å². The van der Waals surface area contributed by atoms with E-state index in [1.807, 2.05) is 67.2 Å². The SMILES string of the molecule is C=C(/C=C\C=C/C)c1c(CC(N)(c2ccccc2)c2cccc3c2SC2=CC=CCC23)cccc1Nc1ccc[c-]c1-c1[c-]cccc1.NN.[Y]. The number of hydrogen-bond donors (Lipinski definition) is 4. The van der Waals surface area contributed by atoms with Crippen LogP contribution in [0.5, 0.6) is 0 Å². The molecule has 253 valence electrons. The molecule has 1 aliphatic heterocycles. The van der Waals surface area contributed by atoms with Crippen LogP contribution in [0.15, 0.2) is 168 Å². The predicted molar refractivity (Wildman–Crippen MR) is 213 cm³/mol. The summed E-state index contributed by atoms with van der Waals surface area (Å²) in [7, 11) is 0. The normalized spacial score (nSPS) is 15.5. The third-order valence-electron chi connectivity index (χ3n) is 9.17. The fourth-order valence-corrected chi connectivity index (χ4v) is 8.29. The number of rotatable bonds is 10.